The van der Waals surface area contributed by atoms with Crippen molar-refractivity contribution in [2.45, 2.75) is 13.3 Å². The Labute approximate surface area is 98.6 Å². The van der Waals surface area contributed by atoms with E-state index >= 15 is 0 Å². The van der Waals surface area contributed by atoms with Gasteiger partial charge < -0.3 is 9.73 Å². The third-order valence-electron chi connectivity index (χ3n) is 2.58. The number of hydrogen-bond acceptors (Lipinski definition) is 3. The van der Waals surface area contributed by atoms with Gasteiger partial charge in [-0.05, 0) is 30.2 Å². The SMILES string of the molecule is CC(=O)NCCc1coc2ccc(C=O)cc12. The largest absolute Gasteiger partial charge is 0.464 e. The number of furan rings is 1. The summed E-state index contributed by atoms with van der Waals surface area (Å²) >= 11 is 0. The fourth-order valence-electron chi connectivity index (χ4n) is 1.74. The topological polar surface area (TPSA) is 59.3 Å². The Hall–Kier alpha value is -2.10. The third-order valence-corrected chi connectivity index (χ3v) is 2.58. The van der Waals surface area contributed by atoms with Crippen LogP contribution in [0.2, 0.25) is 0 Å². The lowest BCUT2D eigenvalue weighted by atomic mass is 10.1. The van der Waals surface area contributed by atoms with E-state index in [1.807, 2.05) is 0 Å². The second kappa shape index (κ2) is 4.82. The number of benzene rings is 1. The van der Waals surface area contributed by atoms with Gasteiger partial charge in [0.25, 0.3) is 0 Å². The number of amides is 1. The summed E-state index contributed by atoms with van der Waals surface area (Å²) in [6.07, 6.45) is 3.17. The molecule has 4 heteroatoms. The zero-order chi connectivity index (χ0) is 12.3. The summed E-state index contributed by atoms with van der Waals surface area (Å²) in [6, 6.07) is 5.30. The smallest absolute Gasteiger partial charge is 0.216 e. The zero-order valence-electron chi connectivity index (χ0n) is 9.53. The molecule has 0 unspecified atom stereocenters. The molecule has 88 valence electrons. The normalized spacial score (nSPS) is 10.4. The van der Waals surface area contributed by atoms with E-state index in [4.69, 9.17) is 4.42 Å². The molecule has 1 amide bonds. The van der Waals surface area contributed by atoms with Crippen molar-refractivity contribution in [1.29, 1.82) is 0 Å². The van der Waals surface area contributed by atoms with Crippen LogP contribution in [-0.2, 0) is 11.2 Å². The monoisotopic (exact) mass is 231 g/mol. The molecule has 1 aromatic heterocycles. The maximum Gasteiger partial charge on any atom is 0.216 e. The molecule has 0 saturated carbocycles. The van der Waals surface area contributed by atoms with Gasteiger partial charge in [-0.25, -0.2) is 0 Å². The Morgan fingerprint density at radius 2 is 2.29 bits per heavy atom. The van der Waals surface area contributed by atoms with Crippen LogP contribution in [0.5, 0.6) is 0 Å². The quantitative estimate of drug-likeness (QED) is 0.818. The highest BCUT2D eigenvalue weighted by Gasteiger charge is 2.06. The second-order valence-electron chi connectivity index (χ2n) is 3.87. The van der Waals surface area contributed by atoms with Crippen molar-refractivity contribution < 1.29 is 14.0 Å². The number of fused-ring (bicyclic) bond motifs is 1. The minimum absolute atomic E-state index is 0.0496. The summed E-state index contributed by atoms with van der Waals surface area (Å²) in [5, 5.41) is 3.66. The molecule has 0 aliphatic rings. The van der Waals surface area contributed by atoms with E-state index in [1.165, 1.54) is 6.92 Å². The van der Waals surface area contributed by atoms with Gasteiger partial charge in [0.1, 0.15) is 11.9 Å². The Morgan fingerprint density at radius 1 is 1.47 bits per heavy atom. The van der Waals surface area contributed by atoms with E-state index in [2.05, 4.69) is 5.32 Å². The Kier molecular flexibility index (Phi) is 3.23. The van der Waals surface area contributed by atoms with Crippen molar-refractivity contribution in [3.63, 3.8) is 0 Å². The van der Waals surface area contributed by atoms with E-state index in [0.29, 0.717) is 18.5 Å². The maximum atomic E-state index is 10.8. The molecule has 1 N–H and O–H groups in total. The minimum Gasteiger partial charge on any atom is -0.464 e. The van der Waals surface area contributed by atoms with Gasteiger partial charge in [0.05, 0.1) is 6.26 Å². The molecule has 0 aliphatic carbocycles. The lowest BCUT2D eigenvalue weighted by Gasteiger charge is -2.00. The lowest BCUT2D eigenvalue weighted by Crippen LogP contribution is -2.22. The average molecular weight is 231 g/mol. The van der Waals surface area contributed by atoms with Crippen molar-refractivity contribution in [1.82, 2.24) is 5.32 Å². The van der Waals surface area contributed by atoms with Crippen LogP contribution in [-0.4, -0.2) is 18.7 Å². The van der Waals surface area contributed by atoms with Crippen LogP contribution in [0.25, 0.3) is 11.0 Å². The first-order valence-electron chi connectivity index (χ1n) is 5.40. The molecular weight excluding hydrogens is 218 g/mol. The molecular formula is C13H13NO3. The zero-order valence-corrected chi connectivity index (χ0v) is 9.53. The van der Waals surface area contributed by atoms with Gasteiger partial charge in [0.2, 0.25) is 5.91 Å². The number of hydrogen-bond donors (Lipinski definition) is 1. The maximum absolute atomic E-state index is 10.8. The van der Waals surface area contributed by atoms with E-state index in [9.17, 15) is 9.59 Å². The molecule has 0 atom stereocenters. The summed E-state index contributed by atoms with van der Waals surface area (Å²) < 4.78 is 5.38. The number of aldehydes is 1. The number of rotatable bonds is 4. The molecule has 0 saturated heterocycles. The predicted octanol–water partition coefficient (Wildman–Crippen LogP) is 1.92. The van der Waals surface area contributed by atoms with Crippen molar-refractivity contribution in [2.75, 3.05) is 6.54 Å². The Bertz CT molecular complexity index is 557. The van der Waals surface area contributed by atoms with Gasteiger partial charge in [-0.1, -0.05) is 0 Å². The minimum atomic E-state index is -0.0496. The second-order valence-corrected chi connectivity index (χ2v) is 3.87. The molecule has 0 spiro atoms. The van der Waals surface area contributed by atoms with Gasteiger partial charge in [-0.3, -0.25) is 9.59 Å². The highest BCUT2D eigenvalue weighted by atomic mass is 16.3. The van der Waals surface area contributed by atoms with Crippen molar-refractivity contribution >= 4 is 23.2 Å². The standard InChI is InChI=1S/C13H13NO3/c1-9(16)14-5-4-11-8-17-13-3-2-10(7-15)6-12(11)13/h2-3,6-8H,4-5H2,1H3,(H,14,16). The molecule has 4 nitrogen and oxygen atoms in total. The summed E-state index contributed by atoms with van der Waals surface area (Å²) in [6.45, 7) is 2.05. The third kappa shape index (κ3) is 2.53. The van der Waals surface area contributed by atoms with Crippen LogP contribution in [0.3, 0.4) is 0 Å². The molecule has 0 aliphatic heterocycles. The molecule has 1 heterocycles. The highest BCUT2D eigenvalue weighted by molar-refractivity contribution is 5.88. The van der Waals surface area contributed by atoms with E-state index in [-0.39, 0.29) is 5.91 Å². The Balaban J connectivity index is 2.21. The van der Waals surface area contributed by atoms with Crippen molar-refractivity contribution in [3.05, 3.63) is 35.6 Å². The van der Waals surface area contributed by atoms with Gasteiger partial charge in [-0.15, -0.1) is 0 Å². The van der Waals surface area contributed by atoms with E-state index < -0.39 is 0 Å². The van der Waals surface area contributed by atoms with Crippen LogP contribution in [0.1, 0.15) is 22.8 Å². The van der Waals surface area contributed by atoms with Crippen molar-refractivity contribution in [2.24, 2.45) is 0 Å². The van der Waals surface area contributed by atoms with Crippen molar-refractivity contribution in [3.8, 4) is 0 Å². The van der Waals surface area contributed by atoms with Crippen LogP contribution in [0, 0.1) is 0 Å². The van der Waals surface area contributed by atoms with Crippen LogP contribution >= 0.6 is 0 Å². The fourth-order valence-corrected chi connectivity index (χ4v) is 1.74. The molecule has 2 aromatic rings. The van der Waals surface area contributed by atoms with Gasteiger partial charge in [0, 0.05) is 24.4 Å². The molecule has 2 rings (SSSR count). The summed E-state index contributed by atoms with van der Waals surface area (Å²) in [7, 11) is 0. The lowest BCUT2D eigenvalue weighted by molar-refractivity contribution is -0.118. The highest BCUT2D eigenvalue weighted by Crippen LogP contribution is 2.22. The molecule has 17 heavy (non-hydrogen) atoms. The summed E-state index contributed by atoms with van der Waals surface area (Å²) in [5.74, 6) is -0.0496. The predicted molar refractivity (Wildman–Crippen MR) is 64.0 cm³/mol. The first-order valence-corrected chi connectivity index (χ1v) is 5.40. The molecule has 1 aromatic carbocycles. The number of nitrogens with one attached hydrogen (secondary N) is 1. The first kappa shape index (κ1) is 11.4. The molecule has 0 fully saturated rings. The van der Waals surface area contributed by atoms with E-state index in [0.717, 1.165) is 22.8 Å². The first-order chi connectivity index (χ1) is 8.20. The summed E-state index contributed by atoms with van der Waals surface area (Å²) in [5.41, 5.74) is 2.38. The Morgan fingerprint density at radius 3 is 3.00 bits per heavy atom. The van der Waals surface area contributed by atoms with Crippen LogP contribution in [0.15, 0.2) is 28.9 Å². The number of carbonyl (C=O) groups excluding carboxylic acids is 2. The fraction of sp³-hybridized carbons (Fsp3) is 0.231. The van der Waals surface area contributed by atoms with E-state index in [1.54, 1.807) is 24.5 Å². The molecule has 0 bridgehead atoms. The van der Waals surface area contributed by atoms with Gasteiger partial charge >= 0.3 is 0 Å². The molecule has 0 radical (unpaired) electrons. The summed E-state index contributed by atoms with van der Waals surface area (Å²) in [4.78, 5) is 21.5. The van der Waals surface area contributed by atoms with Gasteiger partial charge in [0.15, 0.2) is 0 Å². The number of carbonyl (C=O) groups is 2. The van der Waals surface area contributed by atoms with Crippen LogP contribution in [0.4, 0.5) is 0 Å². The van der Waals surface area contributed by atoms with Crippen LogP contribution < -0.4 is 5.32 Å². The van der Waals surface area contributed by atoms with Gasteiger partial charge in [-0.2, -0.15) is 0 Å². The average Bonchev–Trinajstić information content (AvgIpc) is 2.71.